The number of carbonyl (C=O) groups is 1. The fourth-order valence-corrected chi connectivity index (χ4v) is 3.32. The second-order valence-corrected chi connectivity index (χ2v) is 6.43. The maximum atomic E-state index is 12.4. The van der Waals surface area contributed by atoms with Crippen molar-refractivity contribution in [3.63, 3.8) is 0 Å². The standard InChI is InChI=1S/C20H19N3O3S/c1-12-4-7-14(8-5-12)23-18(22-19(24)15(11-21)20(23)27)13-6-9-16(25-2)17(10-13)26-3/h4-10,18,27H,1-3H3,(H,22,24). The number of nitriles is 1. The lowest BCUT2D eigenvalue weighted by molar-refractivity contribution is -0.118. The Bertz CT molecular complexity index is 948. The van der Waals surface area contributed by atoms with Gasteiger partial charge in [0.2, 0.25) is 0 Å². The average Bonchev–Trinajstić information content (AvgIpc) is 2.68. The third kappa shape index (κ3) is 3.44. The van der Waals surface area contributed by atoms with Gasteiger partial charge in [0, 0.05) is 5.69 Å². The zero-order valence-corrected chi connectivity index (χ0v) is 16.1. The average molecular weight is 381 g/mol. The van der Waals surface area contributed by atoms with Gasteiger partial charge in [-0.15, -0.1) is 12.6 Å². The molecular weight excluding hydrogens is 362 g/mol. The van der Waals surface area contributed by atoms with E-state index in [1.165, 1.54) is 0 Å². The summed E-state index contributed by atoms with van der Waals surface area (Å²) in [6.07, 6.45) is -0.551. The van der Waals surface area contributed by atoms with E-state index in [1.54, 1.807) is 26.4 Å². The van der Waals surface area contributed by atoms with Crippen molar-refractivity contribution >= 4 is 24.2 Å². The molecule has 1 N–H and O–H groups in total. The van der Waals surface area contributed by atoms with Crippen molar-refractivity contribution in [1.29, 1.82) is 5.26 Å². The minimum Gasteiger partial charge on any atom is -0.493 e. The molecule has 6 nitrogen and oxygen atoms in total. The first-order valence-corrected chi connectivity index (χ1v) is 8.67. The van der Waals surface area contributed by atoms with E-state index in [0.29, 0.717) is 16.5 Å². The molecule has 0 saturated heterocycles. The monoisotopic (exact) mass is 381 g/mol. The Labute approximate surface area is 163 Å². The van der Waals surface area contributed by atoms with Crippen LogP contribution in [0.1, 0.15) is 17.3 Å². The number of carbonyl (C=O) groups excluding carboxylic acids is 1. The van der Waals surface area contributed by atoms with Crippen LogP contribution in [0.2, 0.25) is 0 Å². The summed E-state index contributed by atoms with van der Waals surface area (Å²) in [4.78, 5) is 14.2. The Balaban J connectivity index is 2.15. The molecule has 0 aliphatic carbocycles. The Hall–Kier alpha value is -3.11. The molecule has 1 aliphatic rings. The van der Waals surface area contributed by atoms with Crippen LogP contribution >= 0.6 is 12.6 Å². The molecule has 27 heavy (non-hydrogen) atoms. The highest BCUT2D eigenvalue weighted by Crippen LogP contribution is 2.38. The zero-order valence-electron chi connectivity index (χ0n) is 15.2. The molecule has 2 aromatic rings. The van der Waals surface area contributed by atoms with Crippen molar-refractivity contribution < 1.29 is 14.3 Å². The number of nitrogens with zero attached hydrogens (tertiary/aromatic N) is 2. The molecular formula is C20H19N3O3S. The van der Waals surface area contributed by atoms with Crippen LogP contribution < -0.4 is 19.7 Å². The number of nitrogens with one attached hydrogen (secondary N) is 1. The molecule has 1 atom stereocenters. The predicted molar refractivity (Wildman–Crippen MR) is 106 cm³/mol. The van der Waals surface area contributed by atoms with Crippen molar-refractivity contribution in [2.75, 3.05) is 19.1 Å². The van der Waals surface area contributed by atoms with E-state index < -0.39 is 12.1 Å². The number of amides is 1. The van der Waals surface area contributed by atoms with Gasteiger partial charge in [-0.25, -0.2) is 0 Å². The molecule has 3 rings (SSSR count). The molecule has 1 heterocycles. The van der Waals surface area contributed by atoms with Crippen LogP contribution in [-0.2, 0) is 4.79 Å². The summed E-state index contributed by atoms with van der Waals surface area (Å²) in [6, 6.07) is 15.1. The molecule has 0 bridgehead atoms. The van der Waals surface area contributed by atoms with Crippen molar-refractivity contribution in [2.45, 2.75) is 13.1 Å². The van der Waals surface area contributed by atoms with Crippen LogP contribution in [0.4, 0.5) is 5.69 Å². The van der Waals surface area contributed by atoms with Crippen molar-refractivity contribution in [3.05, 3.63) is 64.2 Å². The van der Waals surface area contributed by atoms with Crippen molar-refractivity contribution in [3.8, 4) is 17.6 Å². The van der Waals surface area contributed by atoms with Gasteiger partial charge in [-0.05, 0) is 36.8 Å². The molecule has 0 fully saturated rings. The van der Waals surface area contributed by atoms with Gasteiger partial charge in [0.15, 0.2) is 11.5 Å². The number of ether oxygens (including phenoxy) is 2. The summed E-state index contributed by atoms with van der Waals surface area (Å²) < 4.78 is 10.7. The quantitative estimate of drug-likeness (QED) is 0.795. The number of rotatable bonds is 4. The maximum absolute atomic E-state index is 12.4. The van der Waals surface area contributed by atoms with E-state index in [1.807, 2.05) is 48.2 Å². The number of benzene rings is 2. The molecule has 0 radical (unpaired) electrons. The normalized spacial score (nSPS) is 16.6. The molecule has 1 aliphatic heterocycles. The summed E-state index contributed by atoms with van der Waals surface area (Å²) in [7, 11) is 3.11. The fraction of sp³-hybridized carbons (Fsp3) is 0.200. The largest absolute Gasteiger partial charge is 0.493 e. The molecule has 7 heteroatoms. The Morgan fingerprint density at radius 1 is 1.11 bits per heavy atom. The van der Waals surface area contributed by atoms with Gasteiger partial charge in [-0.2, -0.15) is 5.26 Å². The molecule has 1 unspecified atom stereocenters. The molecule has 138 valence electrons. The first-order chi connectivity index (χ1) is 13.0. The first kappa shape index (κ1) is 18.7. The Morgan fingerprint density at radius 3 is 2.37 bits per heavy atom. The van der Waals surface area contributed by atoms with E-state index in [0.717, 1.165) is 16.8 Å². The third-order valence-corrected chi connectivity index (χ3v) is 4.79. The molecule has 0 spiro atoms. The lowest BCUT2D eigenvalue weighted by Gasteiger charge is -2.38. The summed E-state index contributed by atoms with van der Waals surface area (Å²) in [5.41, 5.74) is 2.64. The van der Waals surface area contributed by atoms with E-state index >= 15 is 0 Å². The number of methoxy groups -OCH3 is 2. The zero-order chi connectivity index (χ0) is 19.6. The van der Waals surface area contributed by atoms with Gasteiger partial charge in [0.1, 0.15) is 17.8 Å². The van der Waals surface area contributed by atoms with Gasteiger partial charge in [-0.3, -0.25) is 4.79 Å². The second kappa shape index (κ2) is 7.64. The molecule has 0 aromatic heterocycles. The van der Waals surface area contributed by atoms with E-state index in [2.05, 4.69) is 17.9 Å². The van der Waals surface area contributed by atoms with Crippen LogP contribution in [0, 0.1) is 18.3 Å². The molecule has 0 saturated carbocycles. The summed E-state index contributed by atoms with van der Waals surface area (Å²) >= 11 is 4.49. The third-order valence-electron chi connectivity index (χ3n) is 4.35. The number of anilines is 1. The minimum absolute atomic E-state index is 0.0318. The van der Waals surface area contributed by atoms with Gasteiger partial charge in [-0.1, -0.05) is 23.8 Å². The van der Waals surface area contributed by atoms with E-state index in [9.17, 15) is 10.1 Å². The number of hydrogen-bond acceptors (Lipinski definition) is 6. The van der Waals surface area contributed by atoms with E-state index in [-0.39, 0.29) is 5.57 Å². The highest BCUT2D eigenvalue weighted by molar-refractivity contribution is 7.84. The Kier molecular flexibility index (Phi) is 5.28. The van der Waals surface area contributed by atoms with Crippen molar-refractivity contribution in [2.24, 2.45) is 0 Å². The fourth-order valence-electron chi connectivity index (χ4n) is 2.94. The molecule has 1 amide bonds. The molecule has 2 aromatic carbocycles. The van der Waals surface area contributed by atoms with Crippen LogP contribution in [0.3, 0.4) is 0 Å². The van der Waals surface area contributed by atoms with Gasteiger partial charge < -0.3 is 19.7 Å². The number of hydrogen-bond donors (Lipinski definition) is 2. The highest BCUT2D eigenvalue weighted by Gasteiger charge is 2.34. The van der Waals surface area contributed by atoms with Gasteiger partial charge >= 0.3 is 0 Å². The number of aryl methyl sites for hydroxylation is 1. The Morgan fingerprint density at radius 2 is 1.78 bits per heavy atom. The smallest absolute Gasteiger partial charge is 0.266 e. The van der Waals surface area contributed by atoms with Crippen molar-refractivity contribution in [1.82, 2.24) is 5.32 Å². The first-order valence-electron chi connectivity index (χ1n) is 8.22. The summed E-state index contributed by atoms with van der Waals surface area (Å²) in [6.45, 7) is 1.99. The second-order valence-electron chi connectivity index (χ2n) is 6.01. The lowest BCUT2D eigenvalue weighted by atomic mass is 10.1. The number of thiol groups is 1. The van der Waals surface area contributed by atoms with Gasteiger partial charge in [0.05, 0.1) is 19.2 Å². The van der Waals surface area contributed by atoms with Crippen LogP contribution in [0.25, 0.3) is 0 Å². The van der Waals surface area contributed by atoms with Crippen LogP contribution in [-0.4, -0.2) is 20.1 Å². The summed E-state index contributed by atoms with van der Waals surface area (Å²) in [5, 5.41) is 12.5. The summed E-state index contributed by atoms with van der Waals surface area (Å²) in [5.74, 6) is 0.666. The van der Waals surface area contributed by atoms with Crippen LogP contribution in [0.15, 0.2) is 53.1 Å². The maximum Gasteiger partial charge on any atom is 0.266 e. The predicted octanol–water partition coefficient (Wildman–Crippen LogP) is 3.31. The van der Waals surface area contributed by atoms with Gasteiger partial charge in [0.25, 0.3) is 5.91 Å². The lowest BCUT2D eigenvalue weighted by Crippen LogP contribution is -2.46. The van der Waals surface area contributed by atoms with E-state index in [4.69, 9.17) is 9.47 Å². The SMILES string of the molecule is COc1ccc(C2NC(=O)C(C#N)=C(S)N2c2ccc(C)cc2)cc1OC. The minimum atomic E-state index is -0.551. The van der Waals surface area contributed by atoms with Crippen LogP contribution in [0.5, 0.6) is 11.5 Å². The highest BCUT2D eigenvalue weighted by atomic mass is 32.1. The topological polar surface area (TPSA) is 74.6 Å².